The standard InChI is InChI=1S/C19H26N2/c1-4-13(2)15-9-10-17-16(11-15)19(20-3)12-18(21-17)14-7-5-6-8-14/h9-14H,4-8H2,1-3H3,(H,20,21). The lowest BCUT2D eigenvalue weighted by Gasteiger charge is -2.15. The van der Waals surface area contributed by atoms with Crippen LogP contribution in [0.3, 0.4) is 0 Å². The van der Waals surface area contributed by atoms with Crippen LogP contribution in [0.5, 0.6) is 0 Å². The summed E-state index contributed by atoms with van der Waals surface area (Å²) >= 11 is 0. The van der Waals surface area contributed by atoms with Gasteiger partial charge in [-0.25, -0.2) is 0 Å². The highest BCUT2D eigenvalue weighted by molar-refractivity contribution is 5.92. The zero-order valence-corrected chi connectivity index (χ0v) is 13.4. The number of rotatable bonds is 4. The molecule has 3 rings (SSSR count). The van der Waals surface area contributed by atoms with Gasteiger partial charge >= 0.3 is 0 Å². The lowest BCUT2D eigenvalue weighted by Crippen LogP contribution is -2.01. The molecule has 21 heavy (non-hydrogen) atoms. The first-order chi connectivity index (χ1) is 10.2. The quantitative estimate of drug-likeness (QED) is 0.806. The molecule has 0 saturated heterocycles. The molecule has 112 valence electrons. The third-order valence-electron chi connectivity index (χ3n) is 5.08. The van der Waals surface area contributed by atoms with E-state index in [2.05, 4.69) is 43.4 Å². The zero-order valence-electron chi connectivity index (χ0n) is 13.4. The zero-order chi connectivity index (χ0) is 14.8. The van der Waals surface area contributed by atoms with Crippen LogP contribution in [-0.4, -0.2) is 12.0 Å². The van der Waals surface area contributed by atoms with Crippen LogP contribution in [0.15, 0.2) is 24.3 Å². The number of pyridine rings is 1. The third kappa shape index (κ3) is 2.76. The number of hydrogen-bond donors (Lipinski definition) is 1. The summed E-state index contributed by atoms with van der Waals surface area (Å²) in [6.07, 6.45) is 6.48. The molecule has 1 aliphatic carbocycles. The molecule has 0 amide bonds. The van der Waals surface area contributed by atoms with Crippen molar-refractivity contribution in [1.82, 2.24) is 4.98 Å². The van der Waals surface area contributed by atoms with Gasteiger partial charge in [0.2, 0.25) is 0 Å². The summed E-state index contributed by atoms with van der Waals surface area (Å²) in [4.78, 5) is 4.95. The molecule has 2 heteroatoms. The Kier molecular flexibility index (Phi) is 4.14. The van der Waals surface area contributed by atoms with E-state index in [1.54, 1.807) is 0 Å². The van der Waals surface area contributed by atoms with Crippen molar-refractivity contribution < 1.29 is 0 Å². The van der Waals surface area contributed by atoms with E-state index in [-0.39, 0.29) is 0 Å². The molecule has 1 heterocycles. The fraction of sp³-hybridized carbons (Fsp3) is 0.526. The Morgan fingerprint density at radius 1 is 1.24 bits per heavy atom. The van der Waals surface area contributed by atoms with Crippen LogP contribution >= 0.6 is 0 Å². The molecule has 0 spiro atoms. The summed E-state index contributed by atoms with van der Waals surface area (Å²) in [7, 11) is 2.02. The van der Waals surface area contributed by atoms with Crippen LogP contribution in [0.25, 0.3) is 10.9 Å². The molecular formula is C19H26N2. The minimum atomic E-state index is 0.605. The maximum atomic E-state index is 4.95. The van der Waals surface area contributed by atoms with E-state index in [0.29, 0.717) is 11.8 Å². The molecule has 0 aliphatic heterocycles. The van der Waals surface area contributed by atoms with E-state index in [0.717, 1.165) is 5.52 Å². The van der Waals surface area contributed by atoms with E-state index in [1.807, 2.05) is 7.05 Å². The van der Waals surface area contributed by atoms with Gasteiger partial charge < -0.3 is 5.32 Å². The molecular weight excluding hydrogens is 256 g/mol. The highest BCUT2D eigenvalue weighted by Crippen LogP contribution is 2.36. The Labute approximate surface area is 128 Å². The summed E-state index contributed by atoms with van der Waals surface area (Å²) in [6, 6.07) is 9.05. The lowest BCUT2D eigenvalue weighted by molar-refractivity contribution is 0.701. The first-order valence-corrected chi connectivity index (χ1v) is 8.35. The number of fused-ring (bicyclic) bond motifs is 1. The van der Waals surface area contributed by atoms with Crippen LogP contribution in [0.1, 0.15) is 69.0 Å². The minimum Gasteiger partial charge on any atom is -0.388 e. The Morgan fingerprint density at radius 2 is 2.00 bits per heavy atom. The fourth-order valence-corrected chi connectivity index (χ4v) is 3.44. The molecule has 1 aliphatic rings. The van der Waals surface area contributed by atoms with Gasteiger partial charge in [-0.15, -0.1) is 0 Å². The lowest BCUT2D eigenvalue weighted by atomic mass is 9.95. The van der Waals surface area contributed by atoms with E-state index in [9.17, 15) is 0 Å². The Bertz CT molecular complexity index is 627. The number of nitrogens with one attached hydrogen (secondary N) is 1. The second-order valence-corrected chi connectivity index (χ2v) is 6.41. The van der Waals surface area contributed by atoms with Crippen molar-refractivity contribution in [2.45, 2.75) is 57.8 Å². The van der Waals surface area contributed by atoms with Crippen molar-refractivity contribution in [2.24, 2.45) is 0 Å². The Morgan fingerprint density at radius 3 is 2.67 bits per heavy atom. The molecule has 1 unspecified atom stereocenters. The molecule has 1 saturated carbocycles. The number of aromatic nitrogens is 1. The number of anilines is 1. The monoisotopic (exact) mass is 282 g/mol. The second-order valence-electron chi connectivity index (χ2n) is 6.41. The summed E-state index contributed by atoms with van der Waals surface area (Å²) < 4.78 is 0. The maximum absolute atomic E-state index is 4.95. The smallest absolute Gasteiger partial charge is 0.0726 e. The molecule has 1 fully saturated rings. The average Bonchev–Trinajstić information content (AvgIpc) is 3.07. The molecule has 1 aromatic heterocycles. The van der Waals surface area contributed by atoms with Crippen molar-refractivity contribution in [1.29, 1.82) is 0 Å². The predicted molar refractivity (Wildman–Crippen MR) is 91.2 cm³/mol. The van der Waals surface area contributed by atoms with Crippen molar-refractivity contribution in [3.63, 3.8) is 0 Å². The molecule has 1 atom stereocenters. The first-order valence-electron chi connectivity index (χ1n) is 8.35. The normalized spacial score (nSPS) is 17.3. The molecule has 1 N–H and O–H groups in total. The summed E-state index contributed by atoms with van der Waals surface area (Å²) in [5.74, 6) is 1.27. The number of hydrogen-bond acceptors (Lipinski definition) is 2. The van der Waals surface area contributed by atoms with Crippen LogP contribution in [0, 0.1) is 0 Å². The molecule has 1 aromatic carbocycles. The maximum Gasteiger partial charge on any atom is 0.0726 e. The van der Waals surface area contributed by atoms with E-state index < -0.39 is 0 Å². The highest BCUT2D eigenvalue weighted by Gasteiger charge is 2.20. The van der Waals surface area contributed by atoms with Crippen LogP contribution in [0.2, 0.25) is 0 Å². The van der Waals surface area contributed by atoms with Gasteiger partial charge in [0.15, 0.2) is 0 Å². The van der Waals surface area contributed by atoms with Gasteiger partial charge in [0.25, 0.3) is 0 Å². The highest BCUT2D eigenvalue weighted by atomic mass is 14.8. The van der Waals surface area contributed by atoms with Gasteiger partial charge in [-0.2, -0.15) is 0 Å². The topological polar surface area (TPSA) is 24.9 Å². The van der Waals surface area contributed by atoms with Gasteiger partial charge in [-0.05, 0) is 48.9 Å². The van der Waals surface area contributed by atoms with Gasteiger partial charge in [0.1, 0.15) is 0 Å². The third-order valence-corrected chi connectivity index (χ3v) is 5.08. The SMILES string of the molecule is CCC(C)c1ccc2nc(C3CCCC3)cc(NC)c2c1. The van der Waals surface area contributed by atoms with Crippen LogP contribution < -0.4 is 5.32 Å². The van der Waals surface area contributed by atoms with Crippen molar-refractivity contribution in [3.05, 3.63) is 35.5 Å². The van der Waals surface area contributed by atoms with Crippen molar-refractivity contribution >= 4 is 16.6 Å². The van der Waals surface area contributed by atoms with Crippen molar-refractivity contribution in [3.8, 4) is 0 Å². The molecule has 2 nitrogen and oxygen atoms in total. The van der Waals surface area contributed by atoms with E-state index in [4.69, 9.17) is 4.98 Å². The van der Waals surface area contributed by atoms with Crippen molar-refractivity contribution in [2.75, 3.05) is 12.4 Å². The average molecular weight is 282 g/mol. The van der Waals surface area contributed by atoms with Gasteiger partial charge in [-0.1, -0.05) is 32.8 Å². The second kappa shape index (κ2) is 6.05. The van der Waals surface area contributed by atoms with E-state index in [1.165, 1.54) is 54.4 Å². The Hall–Kier alpha value is -1.57. The first kappa shape index (κ1) is 14.4. The predicted octanol–water partition coefficient (Wildman–Crippen LogP) is 5.45. The summed E-state index contributed by atoms with van der Waals surface area (Å²) in [6.45, 7) is 4.54. The largest absolute Gasteiger partial charge is 0.388 e. The summed E-state index contributed by atoms with van der Waals surface area (Å²) in [5.41, 5.74) is 5.06. The summed E-state index contributed by atoms with van der Waals surface area (Å²) in [5, 5.41) is 4.64. The molecule has 2 aromatic rings. The molecule has 0 radical (unpaired) electrons. The minimum absolute atomic E-state index is 0.605. The number of nitrogens with zero attached hydrogens (tertiary/aromatic N) is 1. The van der Waals surface area contributed by atoms with Gasteiger partial charge in [-0.3, -0.25) is 4.98 Å². The van der Waals surface area contributed by atoms with Gasteiger partial charge in [0, 0.05) is 29.7 Å². The fourth-order valence-electron chi connectivity index (χ4n) is 3.44. The molecule has 0 bridgehead atoms. The van der Waals surface area contributed by atoms with Crippen LogP contribution in [0.4, 0.5) is 5.69 Å². The van der Waals surface area contributed by atoms with E-state index >= 15 is 0 Å². The van der Waals surface area contributed by atoms with Crippen LogP contribution in [-0.2, 0) is 0 Å². The number of benzene rings is 1. The Balaban J connectivity index is 2.08. The van der Waals surface area contributed by atoms with Gasteiger partial charge in [0.05, 0.1) is 5.52 Å².